The van der Waals surface area contributed by atoms with Gasteiger partial charge in [-0.15, -0.1) is 0 Å². The van der Waals surface area contributed by atoms with Gasteiger partial charge in [0.1, 0.15) is 5.75 Å². The van der Waals surface area contributed by atoms with Crippen molar-refractivity contribution >= 4 is 5.91 Å². The number of carbonyl (C=O) groups excluding carboxylic acids is 1. The second-order valence-electron chi connectivity index (χ2n) is 5.84. The minimum atomic E-state index is -0.652. The van der Waals surface area contributed by atoms with Gasteiger partial charge in [0.2, 0.25) is 5.91 Å². The molecule has 21 heavy (non-hydrogen) atoms. The molecule has 1 amide bonds. The van der Waals surface area contributed by atoms with Crippen LogP contribution < -0.4 is 15.8 Å². The summed E-state index contributed by atoms with van der Waals surface area (Å²) in [4.78, 5) is 11.6. The molecule has 1 aromatic carbocycles. The van der Waals surface area contributed by atoms with E-state index in [0.717, 1.165) is 30.7 Å². The van der Waals surface area contributed by atoms with Crippen molar-refractivity contribution in [1.82, 2.24) is 5.32 Å². The molecule has 1 atom stereocenters. The van der Waals surface area contributed by atoms with E-state index in [4.69, 9.17) is 10.5 Å². The van der Waals surface area contributed by atoms with Crippen LogP contribution in [0.1, 0.15) is 44.2 Å². The van der Waals surface area contributed by atoms with Gasteiger partial charge < -0.3 is 15.8 Å². The van der Waals surface area contributed by atoms with Crippen molar-refractivity contribution in [3.8, 4) is 5.75 Å². The maximum Gasteiger partial charge on any atom is 0.237 e. The summed E-state index contributed by atoms with van der Waals surface area (Å²) in [6, 6.07) is 6.17. The van der Waals surface area contributed by atoms with Crippen LogP contribution in [-0.2, 0) is 4.79 Å². The number of aryl methyl sites for hydroxylation is 2. The number of ether oxygens (including phenoxy) is 1. The first-order valence-electron chi connectivity index (χ1n) is 7.64. The van der Waals surface area contributed by atoms with Crippen molar-refractivity contribution in [2.75, 3.05) is 13.2 Å². The molecule has 0 bridgehead atoms. The number of carbonyl (C=O) groups is 1. The Morgan fingerprint density at radius 3 is 2.71 bits per heavy atom. The summed E-state index contributed by atoms with van der Waals surface area (Å²) in [5.74, 6) is 0.611. The molecule has 118 valence electrons. The third-order valence-corrected chi connectivity index (χ3v) is 3.73. The molecule has 4 heteroatoms. The molecule has 0 fully saturated rings. The molecule has 0 saturated heterocycles. The maximum atomic E-state index is 11.6. The van der Waals surface area contributed by atoms with E-state index in [1.54, 1.807) is 0 Å². The fourth-order valence-electron chi connectivity index (χ4n) is 2.17. The van der Waals surface area contributed by atoms with Crippen molar-refractivity contribution in [1.29, 1.82) is 0 Å². The van der Waals surface area contributed by atoms with Gasteiger partial charge in [0.25, 0.3) is 0 Å². The fourth-order valence-corrected chi connectivity index (χ4v) is 2.17. The normalized spacial score (nSPS) is 13.7. The zero-order chi connectivity index (χ0) is 15.9. The number of nitrogens with one attached hydrogen (secondary N) is 1. The van der Waals surface area contributed by atoms with Crippen LogP contribution in [0, 0.1) is 13.8 Å². The SMILES string of the molecule is CCCNC(C)(CCCOc1cc(C)ccc1C)C(N)=O. The van der Waals surface area contributed by atoms with E-state index in [9.17, 15) is 4.79 Å². The van der Waals surface area contributed by atoms with E-state index in [-0.39, 0.29) is 5.91 Å². The van der Waals surface area contributed by atoms with Gasteiger partial charge in [-0.25, -0.2) is 0 Å². The second kappa shape index (κ2) is 8.03. The van der Waals surface area contributed by atoms with Gasteiger partial charge in [-0.05, 0) is 63.8 Å². The fraction of sp³-hybridized carbons (Fsp3) is 0.588. The lowest BCUT2D eigenvalue weighted by atomic mass is 9.95. The van der Waals surface area contributed by atoms with E-state index in [1.807, 2.05) is 26.8 Å². The molecule has 1 aromatic rings. The molecular formula is C17H28N2O2. The summed E-state index contributed by atoms with van der Waals surface area (Å²) in [6.45, 7) is 9.38. The lowest BCUT2D eigenvalue weighted by Gasteiger charge is -2.27. The molecule has 1 unspecified atom stereocenters. The van der Waals surface area contributed by atoms with Crippen molar-refractivity contribution in [3.05, 3.63) is 29.3 Å². The highest BCUT2D eigenvalue weighted by molar-refractivity contribution is 5.84. The van der Waals surface area contributed by atoms with E-state index in [0.29, 0.717) is 13.0 Å². The number of primary amides is 1. The van der Waals surface area contributed by atoms with E-state index >= 15 is 0 Å². The van der Waals surface area contributed by atoms with Crippen LogP contribution in [-0.4, -0.2) is 24.6 Å². The highest BCUT2D eigenvalue weighted by Crippen LogP contribution is 2.20. The number of nitrogens with two attached hydrogens (primary N) is 1. The van der Waals surface area contributed by atoms with Crippen LogP contribution in [0.15, 0.2) is 18.2 Å². The summed E-state index contributed by atoms with van der Waals surface area (Å²) in [6.07, 6.45) is 2.43. The van der Waals surface area contributed by atoms with E-state index in [2.05, 4.69) is 24.4 Å². The Morgan fingerprint density at radius 2 is 2.10 bits per heavy atom. The predicted octanol–water partition coefficient (Wildman–Crippen LogP) is 2.71. The Hall–Kier alpha value is -1.55. The summed E-state index contributed by atoms with van der Waals surface area (Å²) >= 11 is 0. The molecule has 0 aliphatic carbocycles. The molecule has 0 aliphatic heterocycles. The van der Waals surface area contributed by atoms with Crippen molar-refractivity contribution < 1.29 is 9.53 Å². The Labute approximate surface area is 128 Å². The monoisotopic (exact) mass is 292 g/mol. The van der Waals surface area contributed by atoms with E-state index in [1.165, 1.54) is 5.56 Å². The van der Waals surface area contributed by atoms with Crippen molar-refractivity contribution in [2.45, 2.75) is 52.5 Å². The number of amides is 1. The van der Waals surface area contributed by atoms with Crippen LogP contribution in [0.4, 0.5) is 0 Å². The quantitative estimate of drug-likeness (QED) is 0.688. The Kier molecular flexibility index (Phi) is 6.69. The van der Waals surface area contributed by atoms with Crippen molar-refractivity contribution in [2.24, 2.45) is 5.73 Å². The Morgan fingerprint density at radius 1 is 1.38 bits per heavy atom. The van der Waals surface area contributed by atoms with Crippen LogP contribution in [0.3, 0.4) is 0 Å². The van der Waals surface area contributed by atoms with Gasteiger partial charge in [0.15, 0.2) is 0 Å². The van der Waals surface area contributed by atoms with Gasteiger partial charge >= 0.3 is 0 Å². The minimum Gasteiger partial charge on any atom is -0.493 e. The van der Waals surface area contributed by atoms with E-state index < -0.39 is 5.54 Å². The number of rotatable bonds is 9. The Balaban J connectivity index is 2.47. The van der Waals surface area contributed by atoms with Crippen molar-refractivity contribution in [3.63, 3.8) is 0 Å². The van der Waals surface area contributed by atoms with Gasteiger partial charge in [-0.1, -0.05) is 19.1 Å². The molecule has 0 aromatic heterocycles. The van der Waals surface area contributed by atoms with Gasteiger partial charge in [-0.3, -0.25) is 4.79 Å². The number of benzene rings is 1. The molecule has 3 N–H and O–H groups in total. The molecular weight excluding hydrogens is 264 g/mol. The summed E-state index contributed by atoms with van der Waals surface area (Å²) in [5, 5.41) is 3.23. The average molecular weight is 292 g/mol. The topological polar surface area (TPSA) is 64.3 Å². The first-order chi connectivity index (χ1) is 9.89. The third-order valence-electron chi connectivity index (χ3n) is 3.73. The van der Waals surface area contributed by atoms with Gasteiger partial charge in [0.05, 0.1) is 12.1 Å². The second-order valence-corrected chi connectivity index (χ2v) is 5.84. The standard InChI is InChI=1S/C17H28N2O2/c1-5-10-19-17(4,16(18)20)9-6-11-21-15-12-13(2)7-8-14(15)3/h7-8,12,19H,5-6,9-11H2,1-4H3,(H2,18,20). The first-order valence-corrected chi connectivity index (χ1v) is 7.64. The lowest BCUT2D eigenvalue weighted by molar-refractivity contribution is -0.124. The molecule has 1 rings (SSSR count). The van der Waals surface area contributed by atoms with Crippen LogP contribution in [0.5, 0.6) is 5.75 Å². The predicted molar refractivity (Wildman–Crippen MR) is 86.5 cm³/mol. The lowest BCUT2D eigenvalue weighted by Crippen LogP contribution is -2.53. The van der Waals surface area contributed by atoms with Crippen LogP contribution in [0.25, 0.3) is 0 Å². The molecule has 0 aliphatic rings. The smallest absolute Gasteiger partial charge is 0.237 e. The van der Waals surface area contributed by atoms with Crippen LogP contribution in [0.2, 0.25) is 0 Å². The largest absolute Gasteiger partial charge is 0.493 e. The Bertz CT molecular complexity index is 474. The first kappa shape index (κ1) is 17.5. The zero-order valence-electron chi connectivity index (χ0n) is 13.7. The summed E-state index contributed by atoms with van der Waals surface area (Å²) < 4.78 is 5.82. The highest BCUT2D eigenvalue weighted by Gasteiger charge is 2.29. The maximum absolute atomic E-state index is 11.6. The van der Waals surface area contributed by atoms with Crippen LogP contribution >= 0.6 is 0 Å². The molecule has 0 radical (unpaired) electrons. The zero-order valence-corrected chi connectivity index (χ0v) is 13.7. The minimum absolute atomic E-state index is 0.303. The number of hydrogen-bond donors (Lipinski definition) is 2. The third kappa shape index (κ3) is 5.38. The summed E-state index contributed by atoms with van der Waals surface area (Å²) in [5.41, 5.74) is 7.16. The summed E-state index contributed by atoms with van der Waals surface area (Å²) in [7, 11) is 0. The molecule has 4 nitrogen and oxygen atoms in total. The molecule has 0 heterocycles. The molecule has 0 saturated carbocycles. The molecule has 0 spiro atoms. The highest BCUT2D eigenvalue weighted by atomic mass is 16.5. The number of hydrogen-bond acceptors (Lipinski definition) is 3. The average Bonchev–Trinajstić information content (AvgIpc) is 2.44. The van der Waals surface area contributed by atoms with Gasteiger partial charge in [0, 0.05) is 0 Å². The van der Waals surface area contributed by atoms with Gasteiger partial charge in [-0.2, -0.15) is 0 Å².